The lowest BCUT2D eigenvalue weighted by atomic mass is 9.85. The standard InChI is InChI=1S/C70H71N3/c1-66(2,3)46-18-16-42-33-45-35-51(23-17-43(45)32-44(42)34-46)73-64-40-52(71-60-28-19-47(67(4,5)6)36-56(60)57-37-48(68(7,8)9)20-29-61(57)71)24-26-54(64)55-27-25-53(41-65(55)73)72-62-30-21-49(69(10,11)12)38-58(62)59-39-50(70(13,14)15)22-31-63(59)72/h16-41H,1-15H3. The van der Waals surface area contributed by atoms with Crippen molar-refractivity contribution in [3.63, 3.8) is 0 Å². The van der Waals surface area contributed by atoms with Crippen LogP contribution in [0.4, 0.5) is 0 Å². The van der Waals surface area contributed by atoms with E-state index < -0.39 is 0 Å². The molecule has 0 amide bonds. The second kappa shape index (κ2) is 15.7. The maximum atomic E-state index is 2.54. The number of hydrogen-bond acceptors (Lipinski definition) is 0. The van der Waals surface area contributed by atoms with E-state index in [4.69, 9.17) is 0 Å². The Morgan fingerprint density at radius 3 is 0.836 bits per heavy atom. The number of nitrogens with zero attached hydrogens (tertiary/aromatic N) is 3. The molecule has 3 aromatic heterocycles. The second-order valence-corrected chi connectivity index (χ2v) is 26.5. The third-order valence-electron chi connectivity index (χ3n) is 16.1. The van der Waals surface area contributed by atoms with Crippen LogP contribution in [0.15, 0.2) is 158 Å². The highest BCUT2D eigenvalue weighted by Gasteiger charge is 2.25. The quantitative estimate of drug-likeness (QED) is 0.157. The van der Waals surface area contributed by atoms with Crippen LogP contribution in [0.25, 0.3) is 104 Å². The second-order valence-electron chi connectivity index (χ2n) is 26.5. The Balaban J connectivity index is 1.14. The molecule has 0 saturated carbocycles. The third-order valence-corrected chi connectivity index (χ3v) is 16.1. The van der Waals surface area contributed by atoms with Crippen molar-refractivity contribution in [3.05, 3.63) is 186 Å². The predicted molar refractivity (Wildman–Crippen MR) is 318 cm³/mol. The fraction of sp³-hybridized carbons (Fsp3) is 0.286. The van der Waals surface area contributed by atoms with Crippen LogP contribution < -0.4 is 0 Å². The molecule has 3 nitrogen and oxygen atoms in total. The van der Waals surface area contributed by atoms with Gasteiger partial charge < -0.3 is 13.7 Å². The fourth-order valence-corrected chi connectivity index (χ4v) is 11.6. The predicted octanol–water partition coefficient (Wildman–Crippen LogP) is 19.8. The molecular formula is C70H71N3. The van der Waals surface area contributed by atoms with Gasteiger partial charge in [0.05, 0.1) is 33.1 Å². The van der Waals surface area contributed by atoms with Crippen molar-refractivity contribution < 1.29 is 0 Å². The molecule has 0 spiro atoms. The van der Waals surface area contributed by atoms with Gasteiger partial charge in [-0.2, -0.15) is 0 Å². The Kier molecular flexibility index (Phi) is 10.1. The fourth-order valence-electron chi connectivity index (χ4n) is 11.6. The Bertz CT molecular complexity index is 3910. The Morgan fingerprint density at radius 1 is 0.205 bits per heavy atom. The first-order valence-electron chi connectivity index (χ1n) is 26.6. The van der Waals surface area contributed by atoms with E-state index >= 15 is 0 Å². The van der Waals surface area contributed by atoms with E-state index in [1.165, 1.54) is 115 Å². The molecule has 0 fully saturated rings. The van der Waals surface area contributed by atoms with E-state index in [9.17, 15) is 0 Å². The van der Waals surface area contributed by atoms with Gasteiger partial charge in [0.2, 0.25) is 0 Å². The molecule has 0 N–H and O–H groups in total. The molecule has 0 aliphatic heterocycles. The molecule has 0 saturated heterocycles. The molecule has 0 unspecified atom stereocenters. The molecule has 73 heavy (non-hydrogen) atoms. The molecule has 0 bridgehead atoms. The molecular weight excluding hydrogens is 883 g/mol. The minimum atomic E-state index is 0.0222. The number of fused-ring (bicyclic) bond motifs is 11. The van der Waals surface area contributed by atoms with Crippen LogP contribution in [0, 0.1) is 0 Å². The first kappa shape index (κ1) is 46.9. The molecule has 9 aromatic carbocycles. The normalized spacial score (nSPS) is 13.4. The van der Waals surface area contributed by atoms with Crippen molar-refractivity contribution in [3.8, 4) is 17.1 Å². The van der Waals surface area contributed by atoms with E-state index in [0.717, 1.165) is 17.1 Å². The maximum absolute atomic E-state index is 2.54. The van der Waals surface area contributed by atoms with Gasteiger partial charge in [0.25, 0.3) is 0 Å². The topological polar surface area (TPSA) is 14.8 Å². The van der Waals surface area contributed by atoms with Gasteiger partial charge in [-0.05, 0) is 173 Å². The van der Waals surface area contributed by atoms with Crippen molar-refractivity contribution in [1.29, 1.82) is 0 Å². The molecule has 0 radical (unpaired) electrons. The summed E-state index contributed by atoms with van der Waals surface area (Å²) in [7, 11) is 0. The Hall–Kier alpha value is -7.10. The minimum absolute atomic E-state index is 0.0222. The summed E-state index contributed by atoms with van der Waals surface area (Å²) in [4.78, 5) is 0. The van der Waals surface area contributed by atoms with E-state index in [1.807, 2.05) is 0 Å². The van der Waals surface area contributed by atoms with E-state index in [2.05, 4.69) is 275 Å². The van der Waals surface area contributed by atoms with Crippen LogP contribution in [0.3, 0.4) is 0 Å². The van der Waals surface area contributed by atoms with Gasteiger partial charge in [0, 0.05) is 49.4 Å². The molecule has 12 rings (SSSR count). The Morgan fingerprint density at radius 2 is 0.479 bits per heavy atom. The average molecular weight is 954 g/mol. The van der Waals surface area contributed by atoms with Crippen LogP contribution in [-0.4, -0.2) is 13.7 Å². The van der Waals surface area contributed by atoms with Gasteiger partial charge in [-0.25, -0.2) is 0 Å². The van der Waals surface area contributed by atoms with Gasteiger partial charge in [0.15, 0.2) is 0 Å². The SMILES string of the molecule is CC(C)(C)c1ccc2cc3cc(-n4c5cc(-n6c7ccc(C(C)(C)C)cc7c7cc(C(C)(C)C)ccc76)ccc5c5ccc(-n6c7ccc(C(C)(C)C)cc7c7cc(C(C)(C)C)ccc76)cc54)ccc3cc2c1. The summed E-state index contributed by atoms with van der Waals surface area (Å²) in [5.41, 5.74) is 17.6. The highest BCUT2D eigenvalue weighted by atomic mass is 15.0. The Labute approximate surface area is 432 Å². The first-order valence-corrected chi connectivity index (χ1v) is 26.6. The van der Waals surface area contributed by atoms with Crippen LogP contribution in [0.2, 0.25) is 0 Å². The number of rotatable bonds is 3. The monoisotopic (exact) mass is 954 g/mol. The summed E-state index contributed by atoms with van der Waals surface area (Å²) in [5.74, 6) is 0. The molecule has 0 aliphatic carbocycles. The smallest absolute Gasteiger partial charge is 0.0561 e. The molecule has 0 aliphatic rings. The molecule has 366 valence electrons. The molecule has 12 aromatic rings. The van der Waals surface area contributed by atoms with Crippen LogP contribution in [-0.2, 0) is 27.1 Å². The summed E-state index contributed by atoms with van der Waals surface area (Å²) >= 11 is 0. The lowest BCUT2D eigenvalue weighted by molar-refractivity contribution is 0.590. The molecule has 3 heteroatoms. The van der Waals surface area contributed by atoms with E-state index in [1.54, 1.807) is 0 Å². The molecule has 3 heterocycles. The number of aromatic nitrogens is 3. The highest BCUT2D eigenvalue weighted by molar-refractivity contribution is 6.14. The van der Waals surface area contributed by atoms with Crippen molar-refractivity contribution in [2.45, 2.75) is 131 Å². The van der Waals surface area contributed by atoms with Crippen molar-refractivity contribution in [2.24, 2.45) is 0 Å². The zero-order chi connectivity index (χ0) is 51.5. The lowest BCUT2D eigenvalue weighted by Gasteiger charge is -2.19. The summed E-state index contributed by atoms with van der Waals surface area (Å²) in [6.45, 7) is 34.7. The zero-order valence-electron chi connectivity index (χ0n) is 45.9. The molecule has 0 atom stereocenters. The van der Waals surface area contributed by atoms with Crippen LogP contribution in [0.1, 0.15) is 132 Å². The van der Waals surface area contributed by atoms with Gasteiger partial charge >= 0.3 is 0 Å². The first-order chi connectivity index (χ1) is 34.3. The third kappa shape index (κ3) is 7.68. The van der Waals surface area contributed by atoms with Crippen molar-refractivity contribution in [2.75, 3.05) is 0 Å². The lowest BCUT2D eigenvalue weighted by Crippen LogP contribution is -2.10. The average Bonchev–Trinajstić information content (AvgIpc) is 3.95. The number of benzene rings is 9. The number of hydrogen-bond donors (Lipinski definition) is 0. The van der Waals surface area contributed by atoms with Crippen molar-refractivity contribution in [1.82, 2.24) is 13.7 Å². The summed E-state index contributed by atoms with van der Waals surface area (Å²) in [6.07, 6.45) is 0. The van der Waals surface area contributed by atoms with Gasteiger partial charge in [-0.15, -0.1) is 0 Å². The van der Waals surface area contributed by atoms with Crippen LogP contribution >= 0.6 is 0 Å². The van der Waals surface area contributed by atoms with Gasteiger partial charge in [0.1, 0.15) is 0 Å². The largest absolute Gasteiger partial charge is 0.309 e. The summed E-state index contributed by atoms with van der Waals surface area (Å²) < 4.78 is 7.55. The minimum Gasteiger partial charge on any atom is -0.309 e. The van der Waals surface area contributed by atoms with Crippen molar-refractivity contribution >= 4 is 87.0 Å². The highest BCUT2D eigenvalue weighted by Crippen LogP contribution is 2.43. The van der Waals surface area contributed by atoms with Gasteiger partial charge in [-0.3, -0.25) is 0 Å². The van der Waals surface area contributed by atoms with E-state index in [0.29, 0.717) is 0 Å². The summed E-state index contributed by atoms with van der Waals surface area (Å²) in [6, 6.07) is 61.7. The zero-order valence-corrected chi connectivity index (χ0v) is 45.9. The van der Waals surface area contributed by atoms with E-state index in [-0.39, 0.29) is 27.1 Å². The maximum Gasteiger partial charge on any atom is 0.0561 e. The van der Waals surface area contributed by atoms with Crippen LogP contribution in [0.5, 0.6) is 0 Å². The summed E-state index contributed by atoms with van der Waals surface area (Å²) in [5, 5.41) is 12.7. The van der Waals surface area contributed by atoms with Gasteiger partial charge in [-0.1, -0.05) is 165 Å².